The lowest BCUT2D eigenvalue weighted by molar-refractivity contribution is -0.135. The SMILES string of the molecule is O=C(CN1C(=O)SC(=Cc2cc(Cl)c(OCc3ccc(F)cc3)c(Br)c2)C1=O)N1CCCCCC1. The van der Waals surface area contributed by atoms with Gasteiger partial charge in [-0.05, 0) is 82.0 Å². The second kappa shape index (κ2) is 11.6. The van der Waals surface area contributed by atoms with E-state index in [0.29, 0.717) is 33.9 Å². The summed E-state index contributed by atoms with van der Waals surface area (Å²) in [5.41, 5.74) is 1.38. The van der Waals surface area contributed by atoms with E-state index < -0.39 is 11.1 Å². The van der Waals surface area contributed by atoms with Gasteiger partial charge in [0.05, 0.1) is 14.4 Å². The van der Waals surface area contributed by atoms with Crippen LogP contribution in [0.15, 0.2) is 45.8 Å². The van der Waals surface area contributed by atoms with E-state index in [1.54, 1.807) is 35.2 Å². The molecule has 0 spiro atoms. The Kier molecular flexibility index (Phi) is 8.51. The van der Waals surface area contributed by atoms with Crippen LogP contribution in [0.1, 0.15) is 36.8 Å². The number of hydrogen-bond acceptors (Lipinski definition) is 5. The average molecular weight is 582 g/mol. The van der Waals surface area contributed by atoms with E-state index >= 15 is 0 Å². The largest absolute Gasteiger partial charge is 0.486 e. The third-order valence-corrected chi connectivity index (χ3v) is 7.52. The molecule has 10 heteroatoms. The predicted octanol–water partition coefficient (Wildman–Crippen LogP) is 6.26. The van der Waals surface area contributed by atoms with Gasteiger partial charge in [-0.15, -0.1) is 0 Å². The summed E-state index contributed by atoms with van der Waals surface area (Å²) in [5.74, 6) is -0.617. The van der Waals surface area contributed by atoms with E-state index in [1.165, 1.54) is 12.1 Å². The Morgan fingerprint density at radius 3 is 2.46 bits per heavy atom. The van der Waals surface area contributed by atoms with Crippen molar-refractivity contribution in [3.05, 3.63) is 67.7 Å². The highest BCUT2D eigenvalue weighted by Gasteiger charge is 2.37. The second-order valence-corrected chi connectivity index (χ2v) is 10.5. The highest BCUT2D eigenvalue weighted by atomic mass is 79.9. The van der Waals surface area contributed by atoms with Crippen LogP contribution in [0.3, 0.4) is 0 Å². The zero-order chi connectivity index (χ0) is 24.9. The maximum Gasteiger partial charge on any atom is 0.294 e. The van der Waals surface area contributed by atoms with Gasteiger partial charge in [0.2, 0.25) is 5.91 Å². The number of carbonyl (C=O) groups excluding carboxylic acids is 3. The third kappa shape index (κ3) is 6.45. The molecule has 2 aliphatic rings. The summed E-state index contributed by atoms with van der Waals surface area (Å²) in [4.78, 5) is 41.0. The Balaban J connectivity index is 1.44. The number of halogens is 3. The molecule has 0 unspecified atom stereocenters. The van der Waals surface area contributed by atoms with Crippen molar-refractivity contribution in [3.8, 4) is 5.75 Å². The van der Waals surface area contributed by atoms with Crippen LogP contribution in [0.25, 0.3) is 6.08 Å². The zero-order valence-corrected chi connectivity index (χ0v) is 21.9. The van der Waals surface area contributed by atoms with E-state index in [-0.39, 0.29) is 29.8 Å². The number of rotatable bonds is 6. The zero-order valence-electron chi connectivity index (χ0n) is 18.8. The van der Waals surface area contributed by atoms with Gasteiger partial charge in [0.25, 0.3) is 11.1 Å². The first-order valence-electron chi connectivity index (χ1n) is 11.2. The number of imide groups is 1. The van der Waals surface area contributed by atoms with E-state index in [9.17, 15) is 18.8 Å². The summed E-state index contributed by atoms with van der Waals surface area (Å²) in [6.07, 6.45) is 5.62. The van der Waals surface area contributed by atoms with Gasteiger partial charge >= 0.3 is 0 Å². The van der Waals surface area contributed by atoms with Gasteiger partial charge in [-0.3, -0.25) is 19.3 Å². The van der Waals surface area contributed by atoms with Crippen molar-refractivity contribution in [2.75, 3.05) is 19.6 Å². The van der Waals surface area contributed by atoms with Crippen LogP contribution in [0.4, 0.5) is 9.18 Å². The fourth-order valence-electron chi connectivity index (χ4n) is 3.88. The van der Waals surface area contributed by atoms with Gasteiger partial charge in [0.15, 0.2) is 5.75 Å². The number of nitrogens with zero attached hydrogens (tertiary/aromatic N) is 2. The first kappa shape index (κ1) is 25.7. The Hall–Kier alpha value is -2.36. The molecule has 2 aromatic carbocycles. The van der Waals surface area contributed by atoms with Crippen molar-refractivity contribution in [1.82, 2.24) is 9.80 Å². The van der Waals surface area contributed by atoms with Gasteiger partial charge < -0.3 is 9.64 Å². The van der Waals surface area contributed by atoms with Crippen LogP contribution < -0.4 is 4.74 Å². The highest BCUT2D eigenvalue weighted by Crippen LogP contribution is 2.38. The summed E-state index contributed by atoms with van der Waals surface area (Å²) in [6, 6.07) is 9.31. The first-order chi connectivity index (χ1) is 16.8. The summed E-state index contributed by atoms with van der Waals surface area (Å²) >= 11 is 10.6. The molecule has 2 aliphatic heterocycles. The van der Waals surface area contributed by atoms with Crippen LogP contribution in [0.5, 0.6) is 5.75 Å². The van der Waals surface area contributed by atoms with Crippen molar-refractivity contribution in [3.63, 3.8) is 0 Å². The number of likely N-dealkylation sites (tertiary alicyclic amines) is 1. The fraction of sp³-hybridized carbons (Fsp3) is 0.320. The van der Waals surface area contributed by atoms with Crippen LogP contribution in [-0.2, 0) is 16.2 Å². The van der Waals surface area contributed by atoms with E-state index in [0.717, 1.165) is 47.9 Å². The molecule has 0 aliphatic carbocycles. The molecule has 6 nitrogen and oxygen atoms in total. The monoisotopic (exact) mass is 580 g/mol. The average Bonchev–Trinajstić information content (AvgIpc) is 3.01. The van der Waals surface area contributed by atoms with Gasteiger partial charge in [-0.25, -0.2) is 4.39 Å². The van der Waals surface area contributed by atoms with Crippen molar-refractivity contribution < 1.29 is 23.5 Å². The quantitative estimate of drug-likeness (QED) is 0.377. The topological polar surface area (TPSA) is 66.9 Å². The maximum absolute atomic E-state index is 13.1. The summed E-state index contributed by atoms with van der Waals surface area (Å²) in [7, 11) is 0. The summed E-state index contributed by atoms with van der Waals surface area (Å²) < 4.78 is 19.4. The standard InChI is InChI=1S/C25H23BrClFN2O4S/c26-19-11-17(12-20(27)23(19)34-15-16-5-7-18(28)8-6-16)13-21-24(32)30(25(33)35-21)14-22(31)29-9-3-1-2-4-10-29/h5-8,11-13H,1-4,9-10,14-15H2. The molecule has 2 heterocycles. The first-order valence-corrected chi connectivity index (χ1v) is 13.2. The Morgan fingerprint density at radius 2 is 1.80 bits per heavy atom. The van der Waals surface area contributed by atoms with Crippen LogP contribution in [-0.4, -0.2) is 46.5 Å². The minimum absolute atomic E-state index is 0.196. The molecule has 2 aromatic rings. The lowest BCUT2D eigenvalue weighted by atomic mass is 10.2. The molecule has 0 bridgehead atoms. The molecular formula is C25H23BrClFN2O4S. The van der Waals surface area contributed by atoms with E-state index in [4.69, 9.17) is 16.3 Å². The Labute approximate surface area is 220 Å². The second-order valence-electron chi connectivity index (χ2n) is 8.29. The van der Waals surface area contributed by atoms with Crippen molar-refractivity contribution in [2.45, 2.75) is 32.3 Å². The molecule has 2 fully saturated rings. The number of hydrogen-bond donors (Lipinski definition) is 0. The number of thioether (sulfide) groups is 1. The van der Waals surface area contributed by atoms with Gasteiger partial charge in [0, 0.05) is 13.1 Å². The van der Waals surface area contributed by atoms with Crippen LogP contribution in [0, 0.1) is 5.82 Å². The van der Waals surface area contributed by atoms with Crippen LogP contribution >= 0.6 is 39.3 Å². The molecule has 0 aromatic heterocycles. The minimum atomic E-state index is -0.493. The molecule has 0 N–H and O–H groups in total. The molecule has 0 saturated carbocycles. The fourth-order valence-corrected chi connectivity index (χ4v) is 5.71. The highest BCUT2D eigenvalue weighted by molar-refractivity contribution is 9.10. The van der Waals surface area contributed by atoms with Crippen molar-refractivity contribution in [1.29, 1.82) is 0 Å². The number of benzene rings is 2. The van der Waals surface area contributed by atoms with Crippen molar-refractivity contribution >= 4 is 62.4 Å². The molecule has 0 radical (unpaired) electrons. The molecule has 4 rings (SSSR count). The van der Waals surface area contributed by atoms with Crippen LogP contribution in [0.2, 0.25) is 5.02 Å². The van der Waals surface area contributed by atoms with E-state index in [1.807, 2.05) is 0 Å². The minimum Gasteiger partial charge on any atom is -0.486 e. The van der Waals surface area contributed by atoms with Gasteiger partial charge in [-0.1, -0.05) is 36.6 Å². The predicted molar refractivity (Wildman–Crippen MR) is 138 cm³/mol. The van der Waals surface area contributed by atoms with E-state index in [2.05, 4.69) is 15.9 Å². The maximum atomic E-state index is 13.1. The number of carbonyl (C=O) groups is 3. The number of ether oxygens (including phenoxy) is 1. The molecule has 2 saturated heterocycles. The van der Waals surface area contributed by atoms with Gasteiger partial charge in [0.1, 0.15) is 19.0 Å². The smallest absolute Gasteiger partial charge is 0.294 e. The molecule has 35 heavy (non-hydrogen) atoms. The van der Waals surface area contributed by atoms with Gasteiger partial charge in [-0.2, -0.15) is 0 Å². The molecule has 0 atom stereocenters. The lowest BCUT2D eigenvalue weighted by Gasteiger charge is -2.22. The normalized spacial score (nSPS) is 17.7. The molecular weight excluding hydrogens is 559 g/mol. The Bertz CT molecular complexity index is 1140. The molecule has 3 amide bonds. The lowest BCUT2D eigenvalue weighted by Crippen LogP contribution is -2.42. The summed E-state index contributed by atoms with van der Waals surface area (Å²) in [6.45, 7) is 1.27. The third-order valence-electron chi connectivity index (χ3n) is 5.74. The Morgan fingerprint density at radius 1 is 1.11 bits per heavy atom. The summed E-state index contributed by atoms with van der Waals surface area (Å²) in [5, 5.41) is -0.155. The number of amides is 3. The van der Waals surface area contributed by atoms with Crippen molar-refractivity contribution in [2.24, 2.45) is 0 Å². The molecule has 184 valence electrons.